The number of benzene rings is 3. The summed E-state index contributed by atoms with van der Waals surface area (Å²) in [6.07, 6.45) is -0.384. The zero-order valence-corrected chi connectivity index (χ0v) is 19.3. The highest BCUT2D eigenvalue weighted by molar-refractivity contribution is 5.94. The summed E-state index contributed by atoms with van der Waals surface area (Å²) in [6, 6.07) is 27.8. The van der Waals surface area contributed by atoms with Crippen molar-refractivity contribution in [2.24, 2.45) is 5.92 Å². The van der Waals surface area contributed by atoms with E-state index >= 15 is 0 Å². The molecule has 170 valence electrons. The number of amides is 2. The molecule has 1 aliphatic rings. The SMILES string of the molecule is CC(C)(C)OC(=O)N1CC(C(=O)Nc2cccc(-c3ccccc3)c2)C(c2ccccc2)C1. The molecule has 2 unspecified atom stereocenters. The second-order valence-corrected chi connectivity index (χ2v) is 9.45. The minimum Gasteiger partial charge on any atom is -0.444 e. The normalized spacial score (nSPS) is 18.1. The molecule has 3 aromatic rings. The van der Waals surface area contributed by atoms with Crippen molar-refractivity contribution in [1.82, 2.24) is 4.90 Å². The Labute approximate surface area is 195 Å². The van der Waals surface area contributed by atoms with Gasteiger partial charge in [0.25, 0.3) is 0 Å². The molecule has 0 radical (unpaired) electrons. The van der Waals surface area contributed by atoms with Gasteiger partial charge in [-0.1, -0.05) is 72.8 Å². The maximum Gasteiger partial charge on any atom is 0.410 e. The number of hydrogen-bond acceptors (Lipinski definition) is 3. The topological polar surface area (TPSA) is 58.6 Å². The molecule has 0 saturated carbocycles. The Balaban J connectivity index is 1.55. The summed E-state index contributed by atoms with van der Waals surface area (Å²) in [5.41, 5.74) is 3.32. The standard InChI is InChI=1S/C28H30N2O3/c1-28(2,3)33-27(32)30-18-24(21-13-8-5-9-14-21)25(19-30)26(31)29-23-16-10-15-22(17-23)20-11-6-4-7-12-20/h4-17,24-25H,18-19H2,1-3H3,(H,29,31). The molecule has 33 heavy (non-hydrogen) atoms. The molecule has 1 N–H and O–H groups in total. The van der Waals surface area contributed by atoms with Gasteiger partial charge in [-0.15, -0.1) is 0 Å². The van der Waals surface area contributed by atoms with Crippen LogP contribution in [0.15, 0.2) is 84.9 Å². The molecule has 2 atom stereocenters. The van der Waals surface area contributed by atoms with Crippen LogP contribution in [0.2, 0.25) is 0 Å². The van der Waals surface area contributed by atoms with E-state index in [9.17, 15) is 9.59 Å². The first kappa shape index (κ1) is 22.6. The van der Waals surface area contributed by atoms with Gasteiger partial charge in [-0.3, -0.25) is 4.79 Å². The molecule has 1 heterocycles. The maximum absolute atomic E-state index is 13.4. The molecule has 1 aliphatic heterocycles. The Kier molecular flexibility index (Phi) is 6.50. The minimum absolute atomic E-state index is 0.0971. The summed E-state index contributed by atoms with van der Waals surface area (Å²) in [6.45, 7) is 6.30. The number of ether oxygens (including phenoxy) is 1. The molecule has 1 fully saturated rings. The Morgan fingerprint density at radius 1 is 0.848 bits per heavy atom. The second kappa shape index (κ2) is 9.49. The Morgan fingerprint density at radius 2 is 1.48 bits per heavy atom. The molecule has 0 spiro atoms. The van der Waals surface area contributed by atoms with Crippen LogP contribution in [0.4, 0.5) is 10.5 Å². The average molecular weight is 443 g/mol. The molecule has 3 aromatic carbocycles. The van der Waals surface area contributed by atoms with E-state index in [-0.39, 0.29) is 23.8 Å². The Morgan fingerprint density at radius 3 is 2.15 bits per heavy atom. The number of likely N-dealkylation sites (tertiary alicyclic amines) is 1. The number of carbonyl (C=O) groups excluding carboxylic acids is 2. The first-order chi connectivity index (χ1) is 15.8. The van der Waals surface area contributed by atoms with Gasteiger partial charge in [-0.05, 0) is 49.6 Å². The minimum atomic E-state index is -0.586. The van der Waals surface area contributed by atoms with Crippen molar-refractivity contribution < 1.29 is 14.3 Å². The summed E-state index contributed by atoms with van der Waals surface area (Å²) in [5.74, 6) is -0.573. The maximum atomic E-state index is 13.4. The lowest BCUT2D eigenvalue weighted by Gasteiger charge is -2.24. The molecule has 0 aromatic heterocycles. The third-order valence-corrected chi connectivity index (χ3v) is 5.77. The monoisotopic (exact) mass is 442 g/mol. The van der Waals surface area contributed by atoms with E-state index in [4.69, 9.17) is 4.74 Å². The van der Waals surface area contributed by atoms with E-state index in [1.807, 2.05) is 106 Å². The predicted molar refractivity (Wildman–Crippen MR) is 131 cm³/mol. The van der Waals surface area contributed by atoms with E-state index in [0.29, 0.717) is 13.1 Å². The van der Waals surface area contributed by atoms with Crippen LogP contribution in [-0.2, 0) is 9.53 Å². The van der Waals surface area contributed by atoms with Crippen molar-refractivity contribution in [2.75, 3.05) is 18.4 Å². The van der Waals surface area contributed by atoms with Gasteiger partial charge in [0, 0.05) is 24.7 Å². The van der Waals surface area contributed by atoms with Crippen molar-refractivity contribution >= 4 is 17.7 Å². The van der Waals surface area contributed by atoms with Crippen LogP contribution in [0, 0.1) is 5.92 Å². The molecular weight excluding hydrogens is 412 g/mol. The largest absolute Gasteiger partial charge is 0.444 e. The number of hydrogen-bond donors (Lipinski definition) is 1. The second-order valence-electron chi connectivity index (χ2n) is 9.45. The molecule has 5 heteroatoms. The third kappa shape index (κ3) is 5.61. The number of nitrogens with one attached hydrogen (secondary N) is 1. The van der Waals surface area contributed by atoms with Gasteiger partial charge in [0.15, 0.2) is 0 Å². The highest BCUT2D eigenvalue weighted by atomic mass is 16.6. The summed E-state index contributed by atoms with van der Waals surface area (Å²) in [5, 5.41) is 3.08. The van der Waals surface area contributed by atoms with Crippen LogP contribution in [0.3, 0.4) is 0 Å². The Hall–Kier alpha value is -3.60. The number of anilines is 1. The molecule has 4 rings (SSSR count). The summed E-state index contributed by atoms with van der Waals surface area (Å²) >= 11 is 0. The first-order valence-corrected chi connectivity index (χ1v) is 11.3. The van der Waals surface area contributed by atoms with Crippen molar-refractivity contribution in [1.29, 1.82) is 0 Å². The van der Waals surface area contributed by atoms with E-state index in [2.05, 4.69) is 5.32 Å². The predicted octanol–water partition coefficient (Wildman–Crippen LogP) is 5.94. The summed E-state index contributed by atoms with van der Waals surface area (Å²) < 4.78 is 5.57. The third-order valence-electron chi connectivity index (χ3n) is 5.77. The van der Waals surface area contributed by atoms with E-state index in [0.717, 1.165) is 22.4 Å². The molecular formula is C28H30N2O3. The average Bonchev–Trinajstić information content (AvgIpc) is 3.25. The van der Waals surface area contributed by atoms with Crippen LogP contribution < -0.4 is 5.32 Å². The zero-order chi connectivity index (χ0) is 23.4. The number of nitrogens with zero attached hydrogens (tertiary/aromatic N) is 1. The van der Waals surface area contributed by atoms with E-state index in [1.165, 1.54) is 0 Å². The summed E-state index contributed by atoms with van der Waals surface area (Å²) in [4.78, 5) is 27.8. The van der Waals surface area contributed by atoms with Crippen LogP contribution in [0.25, 0.3) is 11.1 Å². The molecule has 0 bridgehead atoms. The summed E-state index contributed by atoms with van der Waals surface area (Å²) in [7, 11) is 0. The number of carbonyl (C=O) groups is 2. The van der Waals surface area contributed by atoms with Crippen molar-refractivity contribution in [3.05, 3.63) is 90.5 Å². The fourth-order valence-electron chi connectivity index (χ4n) is 4.23. The first-order valence-electron chi connectivity index (χ1n) is 11.3. The van der Waals surface area contributed by atoms with Gasteiger partial charge in [-0.25, -0.2) is 4.79 Å². The zero-order valence-electron chi connectivity index (χ0n) is 19.3. The van der Waals surface area contributed by atoms with Crippen LogP contribution in [0.5, 0.6) is 0 Å². The number of rotatable bonds is 4. The lowest BCUT2D eigenvalue weighted by molar-refractivity contribution is -0.119. The van der Waals surface area contributed by atoms with Crippen LogP contribution in [0.1, 0.15) is 32.3 Å². The highest BCUT2D eigenvalue weighted by Crippen LogP contribution is 2.34. The van der Waals surface area contributed by atoms with Crippen molar-refractivity contribution in [2.45, 2.75) is 32.3 Å². The van der Waals surface area contributed by atoms with E-state index in [1.54, 1.807) is 4.90 Å². The van der Waals surface area contributed by atoms with Gasteiger partial charge < -0.3 is 15.0 Å². The van der Waals surface area contributed by atoms with Crippen molar-refractivity contribution in [3.8, 4) is 11.1 Å². The quantitative estimate of drug-likeness (QED) is 0.544. The van der Waals surface area contributed by atoms with Gasteiger partial charge >= 0.3 is 6.09 Å². The van der Waals surface area contributed by atoms with Crippen LogP contribution in [-0.4, -0.2) is 35.6 Å². The van der Waals surface area contributed by atoms with Crippen LogP contribution >= 0.6 is 0 Å². The van der Waals surface area contributed by atoms with Gasteiger partial charge in [-0.2, -0.15) is 0 Å². The smallest absolute Gasteiger partial charge is 0.410 e. The van der Waals surface area contributed by atoms with Crippen molar-refractivity contribution in [3.63, 3.8) is 0 Å². The fraction of sp³-hybridized carbons (Fsp3) is 0.286. The fourth-order valence-corrected chi connectivity index (χ4v) is 4.23. The van der Waals surface area contributed by atoms with Gasteiger partial charge in [0.2, 0.25) is 5.91 Å². The lowest BCUT2D eigenvalue weighted by Crippen LogP contribution is -2.36. The molecule has 2 amide bonds. The highest BCUT2D eigenvalue weighted by Gasteiger charge is 2.41. The van der Waals surface area contributed by atoms with Gasteiger partial charge in [0.1, 0.15) is 5.60 Å². The molecule has 0 aliphatic carbocycles. The van der Waals surface area contributed by atoms with E-state index < -0.39 is 5.60 Å². The molecule has 5 nitrogen and oxygen atoms in total. The lowest BCUT2D eigenvalue weighted by atomic mass is 9.88. The van der Waals surface area contributed by atoms with Gasteiger partial charge in [0.05, 0.1) is 5.92 Å². The Bertz CT molecular complexity index is 1110. The molecule has 1 saturated heterocycles.